The van der Waals surface area contributed by atoms with Crippen LogP contribution >= 0.6 is 0 Å². The first-order valence-corrected chi connectivity index (χ1v) is 40.8. The monoisotopic (exact) mass is 1870 g/mol. The molecule has 0 amide bonds. The summed E-state index contributed by atoms with van der Waals surface area (Å²) in [6.07, 6.45) is -48.6. The summed E-state index contributed by atoms with van der Waals surface area (Å²) >= 11 is 0. The van der Waals surface area contributed by atoms with E-state index in [0.29, 0.717) is 18.9 Å². The maximum Gasteiger partial charge on any atom is 0.434 e. The van der Waals surface area contributed by atoms with Gasteiger partial charge in [0.05, 0.1) is 49.9 Å². The van der Waals surface area contributed by atoms with Gasteiger partial charge in [0.25, 0.3) is 24.4 Å². The summed E-state index contributed by atoms with van der Waals surface area (Å²) in [5.74, 6) is -6.30. The van der Waals surface area contributed by atoms with Crippen molar-refractivity contribution in [3.05, 3.63) is 35.9 Å². The zero-order chi connectivity index (χ0) is 101. The van der Waals surface area contributed by atoms with Crippen LogP contribution < -0.4 is 0 Å². The number of hydrogen-bond donors (Lipinski definition) is 1. The number of carboxylic acid groups (broad SMARTS) is 1. The highest BCUT2D eigenvalue weighted by Gasteiger charge is 2.64. The van der Waals surface area contributed by atoms with Gasteiger partial charge in [-0.2, -0.15) is 105 Å². The van der Waals surface area contributed by atoms with Crippen molar-refractivity contribution in [2.24, 2.45) is 43.3 Å². The van der Waals surface area contributed by atoms with Gasteiger partial charge >= 0.3 is 97.2 Å². The molecular formula is C85H138F24O16. The van der Waals surface area contributed by atoms with Crippen molar-refractivity contribution >= 4 is 47.8 Å². The molecule has 0 saturated heterocycles. The molecule has 2 rings (SSSR count). The van der Waals surface area contributed by atoms with Gasteiger partial charge in [-0.05, 0) is 232 Å². The third kappa shape index (κ3) is 53.8. The SMILES string of the molecule is CCC(C)(C)C(=O)O.CCC(C)(C)C(=O)OC(C(F)(F)F)C(F)(F)F.CCC(C)(C)C(=O)OC(C(F)(F)F)C(F)(F)F.CCC(C)(C)C(=O)OC(C(F)(F)F)C(F)(F)F.CCC(C)(C)C(=O)OC(C(F)(F)F)C(F)(F)F.CCC(C)(C)C(=O)OC1(C)CCCC1.CCC(C)c1ccccc1.CCC(CC)OC(=O)C(C)(C)CC.CCCCOC(=O)C(C)(C)CC. The lowest BCUT2D eigenvalue weighted by Crippen LogP contribution is -2.47. The molecule has 1 aliphatic carbocycles. The number of hydrogen-bond acceptors (Lipinski definition) is 15. The van der Waals surface area contributed by atoms with Crippen LogP contribution in [0.25, 0.3) is 0 Å². The number of ether oxygens (including phenoxy) is 7. The predicted molar refractivity (Wildman–Crippen MR) is 423 cm³/mol. The maximum atomic E-state index is 12.1. The van der Waals surface area contributed by atoms with E-state index < -0.39 is 131 Å². The molecule has 1 aromatic rings. The number of alkyl halides is 24. The van der Waals surface area contributed by atoms with Gasteiger partial charge in [0.1, 0.15) is 11.7 Å². The quantitative estimate of drug-likeness (QED) is 0.0341. The van der Waals surface area contributed by atoms with E-state index in [-0.39, 0.29) is 71.5 Å². The number of benzene rings is 1. The lowest BCUT2D eigenvalue weighted by atomic mass is 9.90. The van der Waals surface area contributed by atoms with Gasteiger partial charge in [-0.15, -0.1) is 0 Å². The Morgan fingerprint density at radius 2 is 0.544 bits per heavy atom. The van der Waals surface area contributed by atoms with Crippen molar-refractivity contribution in [1.82, 2.24) is 0 Å². The number of rotatable bonds is 29. The standard InChI is InChI=1S/C12H22O2.C11H22O2.C10H20O2.C10H14.4C9H12F6O2.C6H12O2/c1-5-11(2,3)10(13)14-12(4)8-6-7-9-12;1-6-9(7-2)13-10(12)11(4,5)8-3;1-5-7-8-12-9(11)10(3,4)6-2;1-3-9(2)10-7-5-4-6-8-10;4*1-4-7(2,3)6(16)17-5(8(10,11)12)9(13,14)15;1-4-6(2,3)5(7)8/h5-9H2,1-4H3;9H,6-8H2,1-5H3;5-8H2,1-4H3;4-9H,3H2,1-2H3;4*5H,4H2,1-3H3;4H2,1-3H3,(H,7,8). The summed E-state index contributed by atoms with van der Waals surface area (Å²) in [5, 5.41) is 8.44. The van der Waals surface area contributed by atoms with E-state index in [4.69, 9.17) is 19.3 Å². The Bertz CT molecular complexity index is 2960. The van der Waals surface area contributed by atoms with Crippen LogP contribution in [0.5, 0.6) is 0 Å². The number of halogens is 24. The van der Waals surface area contributed by atoms with Crippen molar-refractivity contribution in [3.63, 3.8) is 0 Å². The normalized spacial score (nSPS) is 14.0. The van der Waals surface area contributed by atoms with E-state index in [2.05, 4.69) is 77.0 Å². The van der Waals surface area contributed by atoms with Crippen LogP contribution in [-0.2, 0) is 71.5 Å². The summed E-state index contributed by atoms with van der Waals surface area (Å²) in [4.78, 5) is 89.7. The number of carbonyl (C=O) groups is 8. The van der Waals surface area contributed by atoms with E-state index >= 15 is 0 Å². The van der Waals surface area contributed by atoms with Crippen molar-refractivity contribution in [3.8, 4) is 0 Å². The van der Waals surface area contributed by atoms with Gasteiger partial charge in [-0.3, -0.25) is 38.4 Å². The third-order valence-corrected chi connectivity index (χ3v) is 20.7. The molecule has 1 unspecified atom stereocenters. The molecule has 0 radical (unpaired) electrons. The second kappa shape index (κ2) is 54.7. The Labute approximate surface area is 721 Å². The highest BCUT2D eigenvalue weighted by Crippen LogP contribution is 2.43. The average Bonchev–Trinajstić information content (AvgIpc) is 1.40. The van der Waals surface area contributed by atoms with E-state index in [9.17, 15) is 144 Å². The molecule has 0 heterocycles. The molecule has 1 atom stereocenters. The van der Waals surface area contributed by atoms with Crippen LogP contribution in [0.4, 0.5) is 105 Å². The van der Waals surface area contributed by atoms with Crippen molar-refractivity contribution in [2.45, 2.75) is 408 Å². The number of esters is 7. The second-order valence-corrected chi connectivity index (χ2v) is 34.8. The van der Waals surface area contributed by atoms with E-state index in [0.717, 1.165) is 57.8 Å². The topological polar surface area (TPSA) is 221 Å². The minimum Gasteiger partial charge on any atom is -0.481 e. The van der Waals surface area contributed by atoms with Crippen LogP contribution in [0.15, 0.2) is 30.3 Å². The van der Waals surface area contributed by atoms with Crippen LogP contribution in [0.3, 0.4) is 0 Å². The molecule has 40 heteroatoms. The van der Waals surface area contributed by atoms with Gasteiger partial charge in [0.2, 0.25) is 0 Å². The average molecular weight is 1870 g/mol. The second-order valence-electron chi connectivity index (χ2n) is 34.8. The molecular weight excluding hydrogens is 1730 g/mol. The fourth-order valence-corrected chi connectivity index (χ4v) is 7.38. The van der Waals surface area contributed by atoms with Gasteiger partial charge in [0.15, 0.2) is 0 Å². The number of carbonyl (C=O) groups excluding carboxylic acids is 7. The van der Waals surface area contributed by atoms with Crippen molar-refractivity contribution in [2.75, 3.05) is 6.61 Å². The molecule has 1 fully saturated rings. The highest BCUT2D eigenvalue weighted by atomic mass is 19.4. The molecule has 1 aromatic carbocycles. The third-order valence-electron chi connectivity index (χ3n) is 20.7. The van der Waals surface area contributed by atoms with Gasteiger partial charge < -0.3 is 38.3 Å². The molecule has 0 spiro atoms. The summed E-state index contributed by atoms with van der Waals surface area (Å²) < 4.78 is 320. The highest BCUT2D eigenvalue weighted by molar-refractivity contribution is 5.79. The first-order valence-electron chi connectivity index (χ1n) is 40.8. The predicted octanol–water partition coefficient (Wildman–Crippen LogP) is 27.8. The Morgan fingerprint density at radius 3 is 0.728 bits per heavy atom. The fraction of sp³-hybridized carbons (Fsp3) is 0.835. The van der Waals surface area contributed by atoms with Crippen molar-refractivity contribution < 1.29 is 182 Å². The molecule has 0 bridgehead atoms. The van der Waals surface area contributed by atoms with Crippen LogP contribution in [0.2, 0.25) is 0 Å². The van der Waals surface area contributed by atoms with Crippen LogP contribution in [-0.4, -0.2) is 145 Å². The van der Waals surface area contributed by atoms with E-state index in [1.54, 1.807) is 13.8 Å². The van der Waals surface area contributed by atoms with Crippen LogP contribution in [0, 0.1) is 43.3 Å². The molecule has 742 valence electrons. The number of aliphatic carboxylic acids is 1. The van der Waals surface area contributed by atoms with E-state index in [1.165, 1.54) is 108 Å². The first-order chi connectivity index (χ1) is 55.5. The van der Waals surface area contributed by atoms with Gasteiger partial charge in [0, 0.05) is 0 Å². The van der Waals surface area contributed by atoms with Crippen molar-refractivity contribution in [1.29, 1.82) is 0 Å². The smallest absolute Gasteiger partial charge is 0.434 e. The van der Waals surface area contributed by atoms with E-state index in [1.807, 2.05) is 83.1 Å². The van der Waals surface area contributed by atoms with Crippen LogP contribution in [0.1, 0.15) is 328 Å². The Kier molecular flexibility index (Phi) is 57.5. The Hall–Kier alpha value is -6.70. The van der Waals surface area contributed by atoms with Gasteiger partial charge in [-0.25, -0.2) is 0 Å². The Balaban J connectivity index is -0.000000253. The molecule has 125 heavy (non-hydrogen) atoms. The minimum absolute atomic E-state index is 0.0376. The van der Waals surface area contributed by atoms with Gasteiger partial charge in [-0.1, -0.05) is 127 Å². The maximum absolute atomic E-state index is 12.1. The molecule has 0 aliphatic heterocycles. The first kappa shape index (κ1) is 131. The zero-order valence-electron chi connectivity index (χ0n) is 77.7. The fourth-order valence-electron chi connectivity index (χ4n) is 7.38. The molecule has 1 N–H and O–H groups in total. The number of carboxylic acids is 1. The Morgan fingerprint density at radius 1 is 0.328 bits per heavy atom. The lowest BCUT2D eigenvalue weighted by Gasteiger charge is -2.29. The summed E-state index contributed by atoms with van der Waals surface area (Å²) in [7, 11) is 0. The molecule has 1 saturated carbocycles. The summed E-state index contributed by atoms with van der Waals surface area (Å²) in [6.45, 7) is 51.7. The molecule has 1 aliphatic rings. The molecule has 16 nitrogen and oxygen atoms in total. The molecule has 0 aromatic heterocycles. The summed E-state index contributed by atoms with van der Waals surface area (Å²) in [5.41, 5.74) is -5.82. The number of unbranched alkanes of at least 4 members (excludes halogenated alkanes) is 1. The minimum atomic E-state index is -5.67. The lowest BCUT2D eigenvalue weighted by molar-refractivity contribution is -0.316. The summed E-state index contributed by atoms with van der Waals surface area (Å²) in [6, 6.07) is 10.6. The largest absolute Gasteiger partial charge is 0.481 e. The zero-order valence-corrected chi connectivity index (χ0v) is 77.7.